The van der Waals surface area contributed by atoms with Crippen molar-refractivity contribution in [2.24, 2.45) is 5.92 Å². The van der Waals surface area contributed by atoms with Gasteiger partial charge in [0.15, 0.2) is 0 Å². The molecular weight excluding hydrogens is 266 g/mol. The number of rotatable bonds is 6. The molecule has 0 saturated heterocycles. The van der Waals surface area contributed by atoms with E-state index in [1.54, 1.807) is 14.2 Å². The van der Waals surface area contributed by atoms with Gasteiger partial charge in [-0.15, -0.1) is 0 Å². The summed E-state index contributed by atoms with van der Waals surface area (Å²) in [6.07, 6.45) is 4.13. The molecule has 1 aliphatic rings. The van der Waals surface area contributed by atoms with Crippen LogP contribution in [0.1, 0.15) is 38.2 Å². The first kappa shape index (κ1) is 16.1. The lowest BCUT2D eigenvalue weighted by molar-refractivity contribution is -0.0119. The Kier molecular flexibility index (Phi) is 5.48. The molecule has 0 radical (unpaired) electrons. The van der Waals surface area contributed by atoms with Crippen molar-refractivity contribution >= 4 is 0 Å². The zero-order valence-corrected chi connectivity index (χ0v) is 13.3. The summed E-state index contributed by atoms with van der Waals surface area (Å²) in [5.74, 6) is 2.19. The molecule has 2 rings (SSSR count). The second-order valence-electron chi connectivity index (χ2n) is 6.25. The Morgan fingerprint density at radius 2 is 1.90 bits per heavy atom. The highest BCUT2D eigenvalue weighted by Gasteiger charge is 2.31. The van der Waals surface area contributed by atoms with E-state index in [1.165, 1.54) is 6.42 Å². The van der Waals surface area contributed by atoms with Gasteiger partial charge in [0.2, 0.25) is 0 Å². The molecule has 4 nitrogen and oxygen atoms in total. The van der Waals surface area contributed by atoms with Crippen LogP contribution in [0.2, 0.25) is 0 Å². The van der Waals surface area contributed by atoms with Crippen molar-refractivity contribution in [2.75, 3.05) is 20.8 Å². The summed E-state index contributed by atoms with van der Waals surface area (Å²) in [6, 6.07) is 5.84. The van der Waals surface area contributed by atoms with Gasteiger partial charge in [-0.3, -0.25) is 0 Å². The maximum Gasteiger partial charge on any atom is 0.122 e. The quantitative estimate of drug-likeness (QED) is 0.847. The first-order chi connectivity index (χ1) is 10.0. The van der Waals surface area contributed by atoms with Crippen molar-refractivity contribution < 1.29 is 14.6 Å². The van der Waals surface area contributed by atoms with E-state index in [1.807, 2.05) is 18.2 Å². The van der Waals surface area contributed by atoms with Crippen LogP contribution in [0, 0.1) is 5.92 Å². The van der Waals surface area contributed by atoms with Crippen molar-refractivity contribution in [2.45, 2.75) is 44.8 Å². The van der Waals surface area contributed by atoms with E-state index in [9.17, 15) is 5.11 Å². The minimum atomic E-state index is -0.555. The molecule has 2 atom stereocenters. The Hall–Kier alpha value is -1.26. The van der Waals surface area contributed by atoms with Gasteiger partial charge in [0.25, 0.3) is 0 Å². The third-order valence-corrected chi connectivity index (χ3v) is 4.26. The SMILES string of the molecule is COc1cc(CNCC2(O)CCCC(C)C2)cc(OC)c1. The van der Waals surface area contributed by atoms with Gasteiger partial charge in [-0.2, -0.15) is 0 Å². The molecule has 4 heteroatoms. The molecule has 118 valence electrons. The van der Waals surface area contributed by atoms with Crippen LogP contribution in [-0.4, -0.2) is 31.5 Å². The third-order valence-electron chi connectivity index (χ3n) is 4.26. The summed E-state index contributed by atoms with van der Waals surface area (Å²) in [7, 11) is 3.30. The van der Waals surface area contributed by atoms with E-state index in [0.717, 1.165) is 36.3 Å². The first-order valence-electron chi connectivity index (χ1n) is 7.70. The Balaban J connectivity index is 1.90. The smallest absolute Gasteiger partial charge is 0.122 e. The molecule has 1 fully saturated rings. The summed E-state index contributed by atoms with van der Waals surface area (Å²) in [6.45, 7) is 3.55. The van der Waals surface area contributed by atoms with Crippen molar-refractivity contribution in [1.29, 1.82) is 0 Å². The Labute approximate surface area is 127 Å². The van der Waals surface area contributed by atoms with Crippen LogP contribution >= 0.6 is 0 Å². The van der Waals surface area contributed by atoms with Crippen LogP contribution in [0.4, 0.5) is 0 Å². The average molecular weight is 293 g/mol. The number of benzene rings is 1. The van der Waals surface area contributed by atoms with Crippen molar-refractivity contribution in [3.63, 3.8) is 0 Å². The predicted octanol–water partition coefficient (Wildman–Crippen LogP) is 2.73. The largest absolute Gasteiger partial charge is 0.497 e. The third kappa shape index (κ3) is 4.61. The van der Waals surface area contributed by atoms with Gasteiger partial charge in [-0.05, 0) is 36.5 Å². The molecular formula is C17H27NO3. The van der Waals surface area contributed by atoms with Crippen LogP contribution in [0.3, 0.4) is 0 Å². The van der Waals surface area contributed by atoms with Crippen LogP contribution in [0.5, 0.6) is 11.5 Å². The Bertz CT molecular complexity index is 441. The van der Waals surface area contributed by atoms with Gasteiger partial charge in [-0.1, -0.05) is 19.8 Å². The predicted molar refractivity (Wildman–Crippen MR) is 83.8 cm³/mol. The van der Waals surface area contributed by atoms with E-state index < -0.39 is 5.60 Å². The molecule has 0 amide bonds. The number of aliphatic hydroxyl groups is 1. The lowest BCUT2D eigenvalue weighted by Crippen LogP contribution is -2.43. The highest BCUT2D eigenvalue weighted by molar-refractivity contribution is 5.38. The number of methoxy groups -OCH3 is 2. The lowest BCUT2D eigenvalue weighted by atomic mass is 9.79. The topological polar surface area (TPSA) is 50.7 Å². The van der Waals surface area contributed by atoms with Gasteiger partial charge in [0, 0.05) is 19.2 Å². The first-order valence-corrected chi connectivity index (χ1v) is 7.70. The minimum Gasteiger partial charge on any atom is -0.497 e. The molecule has 0 heterocycles. The van der Waals surface area contributed by atoms with Crippen molar-refractivity contribution in [3.8, 4) is 11.5 Å². The number of hydrogen-bond acceptors (Lipinski definition) is 4. The van der Waals surface area contributed by atoms with Crippen LogP contribution in [0.25, 0.3) is 0 Å². The Morgan fingerprint density at radius 3 is 2.48 bits per heavy atom. The van der Waals surface area contributed by atoms with Crippen LogP contribution < -0.4 is 14.8 Å². The van der Waals surface area contributed by atoms with E-state index in [2.05, 4.69) is 12.2 Å². The highest BCUT2D eigenvalue weighted by Crippen LogP contribution is 2.31. The maximum absolute atomic E-state index is 10.6. The van der Waals surface area contributed by atoms with Gasteiger partial charge < -0.3 is 19.9 Å². The minimum absolute atomic E-state index is 0.555. The zero-order chi connectivity index (χ0) is 15.3. The fraction of sp³-hybridized carbons (Fsp3) is 0.647. The molecule has 2 unspecified atom stereocenters. The maximum atomic E-state index is 10.6. The van der Waals surface area contributed by atoms with Gasteiger partial charge in [0.05, 0.1) is 19.8 Å². The number of hydrogen-bond donors (Lipinski definition) is 2. The molecule has 21 heavy (non-hydrogen) atoms. The van der Waals surface area contributed by atoms with E-state index in [4.69, 9.17) is 9.47 Å². The summed E-state index contributed by atoms with van der Waals surface area (Å²) < 4.78 is 10.5. The van der Waals surface area contributed by atoms with Crippen molar-refractivity contribution in [3.05, 3.63) is 23.8 Å². The summed E-state index contributed by atoms with van der Waals surface area (Å²) in [5.41, 5.74) is 0.541. The average Bonchev–Trinajstić information content (AvgIpc) is 2.46. The lowest BCUT2D eigenvalue weighted by Gasteiger charge is -2.35. The van der Waals surface area contributed by atoms with E-state index in [0.29, 0.717) is 19.0 Å². The monoisotopic (exact) mass is 293 g/mol. The van der Waals surface area contributed by atoms with Gasteiger partial charge >= 0.3 is 0 Å². The normalized spacial score (nSPS) is 25.6. The zero-order valence-electron chi connectivity index (χ0n) is 13.3. The van der Waals surface area contributed by atoms with E-state index >= 15 is 0 Å². The molecule has 1 aromatic carbocycles. The number of nitrogens with one attached hydrogen (secondary N) is 1. The molecule has 0 bridgehead atoms. The Morgan fingerprint density at radius 1 is 1.24 bits per heavy atom. The van der Waals surface area contributed by atoms with Gasteiger partial charge in [-0.25, -0.2) is 0 Å². The summed E-state index contributed by atoms with van der Waals surface area (Å²) in [5, 5.41) is 14.0. The summed E-state index contributed by atoms with van der Waals surface area (Å²) in [4.78, 5) is 0. The standard InChI is InChI=1S/C17H27NO3/c1-13-5-4-6-17(19,10-13)12-18-11-14-7-15(20-2)9-16(8-14)21-3/h7-9,13,18-19H,4-6,10-12H2,1-3H3. The van der Waals surface area contributed by atoms with Gasteiger partial charge in [0.1, 0.15) is 11.5 Å². The molecule has 1 aromatic rings. The van der Waals surface area contributed by atoms with Crippen molar-refractivity contribution in [1.82, 2.24) is 5.32 Å². The molecule has 1 saturated carbocycles. The van der Waals surface area contributed by atoms with Crippen LogP contribution in [0.15, 0.2) is 18.2 Å². The second kappa shape index (κ2) is 7.14. The van der Waals surface area contributed by atoms with E-state index in [-0.39, 0.29) is 0 Å². The fourth-order valence-electron chi connectivity index (χ4n) is 3.20. The molecule has 2 N–H and O–H groups in total. The molecule has 1 aliphatic carbocycles. The number of ether oxygens (including phenoxy) is 2. The second-order valence-corrected chi connectivity index (χ2v) is 6.25. The fourth-order valence-corrected chi connectivity index (χ4v) is 3.20. The molecule has 0 spiro atoms. The summed E-state index contributed by atoms with van der Waals surface area (Å²) >= 11 is 0. The molecule has 0 aliphatic heterocycles. The molecule has 0 aromatic heterocycles. The van der Waals surface area contributed by atoms with Crippen LogP contribution in [-0.2, 0) is 6.54 Å². The highest BCUT2D eigenvalue weighted by atomic mass is 16.5.